The van der Waals surface area contributed by atoms with E-state index >= 15 is 0 Å². The molecule has 0 spiro atoms. The Labute approximate surface area is 194 Å². The highest BCUT2D eigenvalue weighted by atomic mass is 35.5. The lowest BCUT2D eigenvalue weighted by atomic mass is 10.0. The minimum absolute atomic E-state index is 0.177. The zero-order valence-corrected chi connectivity index (χ0v) is 18.5. The molecule has 0 saturated carbocycles. The first-order valence-corrected chi connectivity index (χ1v) is 10.8. The summed E-state index contributed by atoms with van der Waals surface area (Å²) in [5.41, 5.74) is 1.65. The monoisotopic (exact) mass is 469 g/mol. The van der Waals surface area contributed by atoms with Crippen molar-refractivity contribution < 1.29 is 8.83 Å². The van der Waals surface area contributed by atoms with Crippen molar-refractivity contribution in [3.8, 4) is 11.3 Å². The fraction of sp³-hybridized carbons (Fsp3) is 0.130. The summed E-state index contributed by atoms with van der Waals surface area (Å²) in [5, 5.41) is 5.11. The molecular formula is C23H17Cl2N3O2S. The Bertz CT molecular complexity index is 1210. The maximum absolute atomic E-state index is 6.39. The minimum Gasteiger partial charge on any atom is -0.467 e. The molecule has 31 heavy (non-hydrogen) atoms. The zero-order valence-electron chi connectivity index (χ0n) is 16.2. The molecule has 1 aromatic carbocycles. The number of rotatable bonds is 5. The minimum atomic E-state index is -0.215. The molecule has 4 aromatic rings. The van der Waals surface area contributed by atoms with Crippen LogP contribution in [-0.4, -0.2) is 15.0 Å². The van der Waals surface area contributed by atoms with Crippen LogP contribution in [0.2, 0.25) is 10.0 Å². The van der Waals surface area contributed by atoms with Crippen LogP contribution in [0.5, 0.6) is 0 Å². The van der Waals surface area contributed by atoms with Crippen LogP contribution in [0.3, 0.4) is 0 Å². The number of hydrogen-bond acceptors (Lipinski definition) is 4. The van der Waals surface area contributed by atoms with Crippen LogP contribution in [0.4, 0.5) is 0 Å². The number of nitrogens with one attached hydrogen (secondary N) is 1. The lowest BCUT2D eigenvalue weighted by Crippen LogP contribution is -2.28. The number of thiocarbonyl (C=S) groups is 1. The number of benzene rings is 1. The summed E-state index contributed by atoms with van der Waals surface area (Å²) in [7, 11) is 0. The predicted molar refractivity (Wildman–Crippen MR) is 124 cm³/mol. The highest BCUT2D eigenvalue weighted by Crippen LogP contribution is 2.42. The van der Waals surface area contributed by atoms with Crippen LogP contribution >= 0.6 is 35.4 Å². The van der Waals surface area contributed by atoms with Crippen molar-refractivity contribution in [2.75, 3.05) is 0 Å². The van der Waals surface area contributed by atoms with E-state index in [1.807, 2.05) is 48.5 Å². The fourth-order valence-electron chi connectivity index (χ4n) is 3.80. The first kappa shape index (κ1) is 20.1. The van der Waals surface area contributed by atoms with Gasteiger partial charge in [-0.3, -0.25) is 4.98 Å². The van der Waals surface area contributed by atoms with Gasteiger partial charge in [0.25, 0.3) is 0 Å². The first-order valence-electron chi connectivity index (χ1n) is 9.66. The quantitative estimate of drug-likeness (QED) is 0.340. The highest BCUT2D eigenvalue weighted by Gasteiger charge is 2.42. The van der Waals surface area contributed by atoms with Gasteiger partial charge in [0, 0.05) is 16.8 Å². The van der Waals surface area contributed by atoms with Crippen molar-refractivity contribution in [1.29, 1.82) is 0 Å². The van der Waals surface area contributed by atoms with Crippen LogP contribution in [0.15, 0.2) is 82.0 Å². The molecule has 0 bridgehead atoms. The van der Waals surface area contributed by atoms with Gasteiger partial charge in [0.1, 0.15) is 23.3 Å². The first-order chi connectivity index (χ1) is 15.1. The Morgan fingerprint density at radius 1 is 1.06 bits per heavy atom. The predicted octanol–water partition coefficient (Wildman–Crippen LogP) is 6.41. The van der Waals surface area contributed by atoms with Gasteiger partial charge in [-0.15, -0.1) is 0 Å². The number of nitrogens with zero attached hydrogens (tertiary/aromatic N) is 2. The van der Waals surface area contributed by atoms with Crippen molar-refractivity contribution in [3.05, 3.63) is 100 Å². The van der Waals surface area contributed by atoms with Gasteiger partial charge in [0.15, 0.2) is 5.11 Å². The maximum Gasteiger partial charge on any atom is 0.170 e. The standard InChI is InChI=1S/C23H17Cl2N3O2S/c24-14-6-7-16(17(25)12-14)19-8-9-20(30-19)22-21(18-5-1-2-10-26-18)27-23(31)28(22)13-15-4-3-11-29-15/h1-12,21-22H,13H2,(H,27,31)/t21-,22-/m1/s1. The average Bonchev–Trinajstić information content (AvgIpc) is 3.51. The summed E-state index contributed by atoms with van der Waals surface area (Å²) in [6.07, 6.45) is 3.42. The number of furan rings is 2. The summed E-state index contributed by atoms with van der Waals surface area (Å²) < 4.78 is 11.9. The SMILES string of the molecule is S=C1N[C@H](c2ccccn2)[C@@H](c2ccc(-c3ccc(Cl)cc3Cl)o2)N1Cc1ccco1. The molecule has 1 aliphatic rings. The van der Waals surface area contributed by atoms with E-state index in [0.717, 1.165) is 22.8 Å². The van der Waals surface area contributed by atoms with E-state index in [4.69, 9.17) is 44.3 Å². The van der Waals surface area contributed by atoms with Gasteiger partial charge in [0.05, 0.1) is 29.6 Å². The van der Waals surface area contributed by atoms with Crippen LogP contribution in [0.25, 0.3) is 11.3 Å². The Morgan fingerprint density at radius 3 is 2.71 bits per heavy atom. The normalized spacial score (nSPS) is 18.4. The molecule has 0 unspecified atom stereocenters. The molecule has 5 nitrogen and oxygen atoms in total. The third kappa shape index (κ3) is 3.94. The molecule has 3 aromatic heterocycles. The molecule has 0 amide bonds. The van der Waals surface area contributed by atoms with Gasteiger partial charge in [-0.05, 0) is 66.8 Å². The van der Waals surface area contributed by atoms with Crippen LogP contribution in [-0.2, 0) is 6.54 Å². The van der Waals surface area contributed by atoms with Gasteiger partial charge < -0.3 is 19.1 Å². The summed E-state index contributed by atoms with van der Waals surface area (Å²) in [4.78, 5) is 6.60. The molecular weight excluding hydrogens is 453 g/mol. The second kappa shape index (κ2) is 8.38. The van der Waals surface area contributed by atoms with E-state index in [1.165, 1.54) is 0 Å². The molecule has 1 fully saturated rings. The Balaban J connectivity index is 1.55. The summed E-state index contributed by atoms with van der Waals surface area (Å²) >= 11 is 18.1. The average molecular weight is 470 g/mol. The molecule has 5 rings (SSSR count). The molecule has 1 aliphatic heterocycles. The van der Waals surface area contributed by atoms with E-state index in [2.05, 4.69) is 15.2 Å². The van der Waals surface area contributed by atoms with Gasteiger partial charge in [0.2, 0.25) is 0 Å². The second-order valence-electron chi connectivity index (χ2n) is 7.16. The number of halogens is 2. The zero-order chi connectivity index (χ0) is 21.4. The summed E-state index contributed by atoms with van der Waals surface area (Å²) in [5.74, 6) is 2.21. The summed E-state index contributed by atoms with van der Waals surface area (Å²) in [6, 6.07) is 18.4. The van der Waals surface area contributed by atoms with Crippen molar-refractivity contribution >= 4 is 40.5 Å². The van der Waals surface area contributed by atoms with Gasteiger partial charge in [-0.2, -0.15) is 0 Å². The summed E-state index contributed by atoms with van der Waals surface area (Å²) in [6.45, 7) is 0.505. The molecule has 8 heteroatoms. The molecule has 4 heterocycles. The van der Waals surface area contributed by atoms with E-state index in [0.29, 0.717) is 27.5 Å². The van der Waals surface area contributed by atoms with Crippen molar-refractivity contribution in [3.63, 3.8) is 0 Å². The van der Waals surface area contributed by atoms with E-state index in [-0.39, 0.29) is 12.1 Å². The van der Waals surface area contributed by atoms with Crippen molar-refractivity contribution in [1.82, 2.24) is 15.2 Å². The lowest BCUT2D eigenvalue weighted by Gasteiger charge is -2.25. The number of aromatic nitrogens is 1. The topological polar surface area (TPSA) is 54.4 Å². The molecule has 1 saturated heterocycles. The third-order valence-electron chi connectivity index (χ3n) is 5.22. The van der Waals surface area contributed by atoms with E-state index < -0.39 is 0 Å². The molecule has 0 radical (unpaired) electrons. The van der Waals surface area contributed by atoms with E-state index in [1.54, 1.807) is 24.6 Å². The highest BCUT2D eigenvalue weighted by molar-refractivity contribution is 7.80. The largest absolute Gasteiger partial charge is 0.467 e. The Hall–Kier alpha value is -2.80. The fourth-order valence-corrected chi connectivity index (χ4v) is 4.61. The molecule has 2 atom stereocenters. The molecule has 1 N–H and O–H groups in total. The third-order valence-corrected chi connectivity index (χ3v) is 6.12. The molecule has 156 valence electrons. The lowest BCUT2D eigenvalue weighted by molar-refractivity contribution is 0.253. The van der Waals surface area contributed by atoms with Gasteiger partial charge in [-0.1, -0.05) is 29.3 Å². The van der Waals surface area contributed by atoms with Crippen LogP contribution < -0.4 is 5.32 Å². The molecule has 0 aliphatic carbocycles. The van der Waals surface area contributed by atoms with Gasteiger partial charge in [-0.25, -0.2) is 0 Å². The Kier molecular flexibility index (Phi) is 5.44. The van der Waals surface area contributed by atoms with E-state index in [9.17, 15) is 0 Å². The van der Waals surface area contributed by atoms with Crippen LogP contribution in [0, 0.1) is 0 Å². The smallest absolute Gasteiger partial charge is 0.170 e. The number of pyridine rings is 1. The van der Waals surface area contributed by atoms with Gasteiger partial charge >= 0.3 is 0 Å². The van der Waals surface area contributed by atoms with Crippen LogP contribution in [0.1, 0.15) is 29.3 Å². The second-order valence-corrected chi connectivity index (χ2v) is 8.39. The maximum atomic E-state index is 6.39. The van der Waals surface area contributed by atoms with Crippen molar-refractivity contribution in [2.45, 2.75) is 18.6 Å². The Morgan fingerprint density at radius 2 is 1.97 bits per heavy atom. The number of hydrogen-bond donors (Lipinski definition) is 1. The van der Waals surface area contributed by atoms with Crippen molar-refractivity contribution in [2.24, 2.45) is 0 Å².